The van der Waals surface area contributed by atoms with Gasteiger partial charge in [-0.25, -0.2) is 4.98 Å². The summed E-state index contributed by atoms with van der Waals surface area (Å²) in [5.41, 5.74) is 2.31. The van der Waals surface area contributed by atoms with Gasteiger partial charge in [-0.3, -0.25) is 9.78 Å². The molecule has 1 aromatic carbocycles. The van der Waals surface area contributed by atoms with E-state index < -0.39 is 0 Å². The average Bonchev–Trinajstić information content (AvgIpc) is 3.03. The predicted octanol–water partition coefficient (Wildman–Crippen LogP) is 2.26. The minimum atomic E-state index is -0.227. The minimum absolute atomic E-state index is 0.108. The van der Waals surface area contributed by atoms with Crippen molar-refractivity contribution in [3.8, 4) is 0 Å². The fourth-order valence-corrected chi connectivity index (χ4v) is 2.31. The van der Waals surface area contributed by atoms with Crippen molar-refractivity contribution in [2.24, 2.45) is 0 Å². The van der Waals surface area contributed by atoms with Crippen molar-refractivity contribution in [2.45, 2.75) is 6.54 Å². The molecule has 0 aliphatic rings. The van der Waals surface area contributed by atoms with E-state index in [2.05, 4.69) is 9.97 Å². The number of rotatable bonds is 6. The van der Waals surface area contributed by atoms with Crippen molar-refractivity contribution >= 4 is 23.1 Å². The van der Waals surface area contributed by atoms with Crippen molar-refractivity contribution in [2.75, 3.05) is 13.2 Å². The van der Waals surface area contributed by atoms with Crippen molar-refractivity contribution in [3.63, 3.8) is 0 Å². The van der Waals surface area contributed by atoms with E-state index in [1.807, 2.05) is 36.4 Å². The number of carbonyl (C=O) groups excluding carboxylic acids is 1. The summed E-state index contributed by atoms with van der Waals surface area (Å²) in [5.74, 6) is 0.144. The molecule has 0 aliphatic heterocycles. The molecule has 0 saturated carbocycles. The number of carbonyl (C=O) groups is 1. The number of aliphatic hydroxyl groups is 1. The Morgan fingerprint density at radius 2 is 2.12 bits per heavy atom. The van der Waals surface area contributed by atoms with E-state index in [1.165, 1.54) is 17.1 Å². The molecule has 2 heterocycles. The third-order valence-corrected chi connectivity index (χ3v) is 3.46. The van der Waals surface area contributed by atoms with Gasteiger partial charge in [0.05, 0.1) is 6.61 Å². The summed E-state index contributed by atoms with van der Waals surface area (Å²) < 4.78 is 5.55. The Kier molecular flexibility index (Phi) is 4.98. The van der Waals surface area contributed by atoms with E-state index in [-0.39, 0.29) is 19.1 Å². The molecule has 6 nitrogen and oxygen atoms in total. The topological polar surface area (TPSA) is 79.5 Å². The normalized spacial score (nSPS) is 11.2. The summed E-state index contributed by atoms with van der Waals surface area (Å²) in [4.78, 5) is 22.2. The van der Waals surface area contributed by atoms with Gasteiger partial charge in [-0.05, 0) is 23.8 Å². The van der Waals surface area contributed by atoms with Gasteiger partial charge in [-0.2, -0.15) is 0 Å². The SMILES string of the molecule is O=C(/C=C/c1nc2ccccc2o1)N(CCO)Cc1cccnc1. The lowest BCUT2D eigenvalue weighted by molar-refractivity contribution is -0.127. The molecule has 6 heteroatoms. The molecule has 24 heavy (non-hydrogen) atoms. The number of fused-ring (bicyclic) bond motifs is 1. The first kappa shape index (κ1) is 15.9. The van der Waals surface area contributed by atoms with E-state index in [0.717, 1.165) is 11.1 Å². The van der Waals surface area contributed by atoms with Gasteiger partial charge >= 0.3 is 0 Å². The second-order valence-corrected chi connectivity index (χ2v) is 5.20. The van der Waals surface area contributed by atoms with Crippen LogP contribution in [0.4, 0.5) is 0 Å². The van der Waals surface area contributed by atoms with Crippen LogP contribution in [0.1, 0.15) is 11.5 Å². The Morgan fingerprint density at radius 3 is 2.88 bits per heavy atom. The summed E-state index contributed by atoms with van der Waals surface area (Å²) in [6.07, 6.45) is 6.31. The average molecular weight is 323 g/mol. The monoisotopic (exact) mass is 323 g/mol. The van der Waals surface area contributed by atoms with Gasteiger partial charge < -0.3 is 14.4 Å². The summed E-state index contributed by atoms with van der Waals surface area (Å²) >= 11 is 0. The lowest BCUT2D eigenvalue weighted by Gasteiger charge is -2.19. The molecule has 3 rings (SSSR count). The maximum Gasteiger partial charge on any atom is 0.247 e. The highest BCUT2D eigenvalue weighted by molar-refractivity contribution is 5.91. The predicted molar refractivity (Wildman–Crippen MR) is 89.8 cm³/mol. The Balaban J connectivity index is 1.72. The van der Waals surface area contributed by atoms with Crippen molar-refractivity contribution in [1.82, 2.24) is 14.9 Å². The van der Waals surface area contributed by atoms with Crippen LogP contribution in [0.15, 0.2) is 59.3 Å². The van der Waals surface area contributed by atoms with Crippen LogP contribution in [-0.4, -0.2) is 39.0 Å². The lowest BCUT2D eigenvalue weighted by Crippen LogP contribution is -2.31. The zero-order valence-corrected chi connectivity index (χ0v) is 13.0. The standard InChI is InChI=1S/C18H17N3O3/c22-11-10-21(13-14-4-3-9-19-12-14)18(23)8-7-17-20-15-5-1-2-6-16(15)24-17/h1-9,12,22H,10-11,13H2/b8-7+. The van der Waals surface area contributed by atoms with Gasteiger partial charge in [0.2, 0.25) is 11.8 Å². The molecule has 122 valence electrons. The smallest absolute Gasteiger partial charge is 0.247 e. The van der Waals surface area contributed by atoms with Crippen LogP contribution in [0.3, 0.4) is 0 Å². The van der Waals surface area contributed by atoms with E-state index in [9.17, 15) is 9.90 Å². The van der Waals surface area contributed by atoms with Crippen LogP contribution < -0.4 is 0 Å². The fourth-order valence-electron chi connectivity index (χ4n) is 2.31. The largest absolute Gasteiger partial charge is 0.437 e. The quantitative estimate of drug-likeness (QED) is 0.704. The minimum Gasteiger partial charge on any atom is -0.437 e. The third kappa shape index (κ3) is 3.85. The number of hydrogen-bond acceptors (Lipinski definition) is 5. The molecule has 0 radical (unpaired) electrons. The zero-order valence-electron chi connectivity index (χ0n) is 13.0. The molecule has 3 aromatic rings. The molecule has 0 bridgehead atoms. The maximum atomic E-state index is 12.4. The second-order valence-electron chi connectivity index (χ2n) is 5.20. The number of pyridine rings is 1. The Morgan fingerprint density at radius 1 is 1.25 bits per heavy atom. The molecule has 0 atom stereocenters. The first-order valence-corrected chi connectivity index (χ1v) is 7.58. The van der Waals surface area contributed by atoms with Gasteiger partial charge in [0.1, 0.15) is 5.52 Å². The van der Waals surface area contributed by atoms with Gasteiger partial charge in [0, 0.05) is 37.6 Å². The van der Waals surface area contributed by atoms with Crippen LogP contribution in [0.5, 0.6) is 0 Å². The van der Waals surface area contributed by atoms with Gasteiger partial charge in [-0.15, -0.1) is 0 Å². The highest BCUT2D eigenvalue weighted by Gasteiger charge is 2.11. The molecular formula is C18H17N3O3. The van der Waals surface area contributed by atoms with Gasteiger partial charge in [-0.1, -0.05) is 18.2 Å². The number of oxazole rings is 1. The highest BCUT2D eigenvalue weighted by atomic mass is 16.3. The molecule has 1 N–H and O–H groups in total. The molecular weight excluding hydrogens is 306 g/mol. The zero-order chi connectivity index (χ0) is 16.8. The van der Waals surface area contributed by atoms with Crippen LogP contribution in [0.25, 0.3) is 17.2 Å². The van der Waals surface area contributed by atoms with Gasteiger partial charge in [0.15, 0.2) is 5.58 Å². The molecule has 2 aromatic heterocycles. The van der Waals surface area contributed by atoms with Crippen molar-refractivity contribution < 1.29 is 14.3 Å². The molecule has 0 fully saturated rings. The maximum absolute atomic E-state index is 12.4. The van der Waals surface area contributed by atoms with Crippen LogP contribution in [-0.2, 0) is 11.3 Å². The number of aromatic nitrogens is 2. The third-order valence-electron chi connectivity index (χ3n) is 3.46. The van der Waals surface area contributed by atoms with Crippen LogP contribution in [0, 0.1) is 0 Å². The van der Waals surface area contributed by atoms with E-state index in [0.29, 0.717) is 18.0 Å². The number of para-hydroxylation sites is 2. The van der Waals surface area contributed by atoms with E-state index >= 15 is 0 Å². The van der Waals surface area contributed by atoms with Crippen LogP contribution >= 0.6 is 0 Å². The summed E-state index contributed by atoms with van der Waals surface area (Å²) in [6.45, 7) is 0.513. The first-order chi connectivity index (χ1) is 11.8. The van der Waals surface area contributed by atoms with Crippen molar-refractivity contribution in [3.05, 3.63) is 66.3 Å². The number of nitrogens with zero attached hydrogens (tertiary/aromatic N) is 3. The molecule has 0 unspecified atom stereocenters. The number of amides is 1. The molecule has 0 saturated heterocycles. The summed E-state index contributed by atoms with van der Waals surface area (Å²) in [6, 6.07) is 11.1. The first-order valence-electron chi connectivity index (χ1n) is 7.58. The molecule has 1 amide bonds. The lowest BCUT2D eigenvalue weighted by atomic mass is 10.2. The highest BCUT2D eigenvalue weighted by Crippen LogP contribution is 2.15. The van der Waals surface area contributed by atoms with E-state index in [4.69, 9.17) is 4.42 Å². The second kappa shape index (κ2) is 7.52. The Labute approximate surface area is 139 Å². The molecule has 0 spiro atoms. The number of hydrogen-bond donors (Lipinski definition) is 1. The number of aliphatic hydroxyl groups excluding tert-OH is 1. The fraction of sp³-hybridized carbons (Fsp3) is 0.167. The van der Waals surface area contributed by atoms with Crippen LogP contribution in [0.2, 0.25) is 0 Å². The van der Waals surface area contributed by atoms with E-state index in [1.54, 1.807) is 12.4 Å². The van der Waals surface area contributed by atoms with Gasteiger partial charge in [0.25, 0.3) is 0 Å². The number of benzene rings is 1. The Hall–Kier alpha value is -2.99. The summed E-state index contributed by atoms with van der Waals surface area (Å²) in [5, 5.41) is 9.18. The Bertz CT molecular complexity index is 810. The van der Waals surface area contributed by atoms with Crippen molar-refractivity contribution in [1.29, 1.82) is 0 Å². The summed E-state index contributed by atoms with van der Waals surface area (Å²) in [7, 11) is 0. The molecule has 0 aliphatic carbocycles.